The van der Waals surface area contributed by atoms with Gasteiger partial charge in [0.1, 0.15) is 18.2 Å². The summed E-state index contributed by atoms with van der Waals surface area (Å²) in [6.45, 7) is 2.58. The summed E-state index contributed by atoms with van der Waals surface area (Å²) in [5.74, 6) is -1.12. The zero-order valence-electron chi connectivity index (χ0n) is 14.8. The third kappa shape index (κ3) is 5.16. The Balaban J connectivity index is 2.10. The SMILES string of the molecule is COCCOc1ccc(C(C)NC(=O)c2cc(F)cc(F)c2)cc1OC. The highest BCUT2D eigenvalue weighted by Crippen LogP contribution is 2.30. The van der Waals surface area contributed by atoms with E-state index in [0.717, 1.165) is 17.7 Å². The van der Waals surface area contributed by atoms with E-state index in [1.165, 1.54) is 7.11 Å². The fourth-order valence-corrected chi connectivity index (χ4v) is 2.36. The van der Waals surface area contributed by atoms with Crippen molar-refractivity contribution in [1.82, 2.24) is 5.32 Å². The zero-order chi connectivity index (χ0) is 19.1. The molecule has 140 valence electrons. The summed E-state index contributed by atoms with van der Waals surface area (Å²) < 4.78 is 42.3. The predicted molar refractivity (Wildman–Crippen MR) is 92.6 cm³/mol. The maximum Gasteiger partial charge on any atom is 0.251 e. The van der Waals surface area contributed by atoms with Crippen LogP contribution in [0.2, 0.25) is 0 Å². The molecule has 1 atom stereocenters. The monoisotopic (exact) mass is 365 g/mol. The molecule has 7 heteroatoms. The Bertz CT molecular complexity index is 747. The molecule has 0 bridgehead atoms. The first kappa shape index (κ1) is 19.7. The fourth-order valence-electron chi connectivity index (χ4n) is 2.36. The first-order valence-electron chi connectivity index (χ1n) is 8.01. The van der Waals surface area contributed by atoms with Crippen molar-refractivity contribution >= 4 is 5.91 Å². The smallest absolute Gasteiger partial charge is 0.251 e. The van der Waals surface area contributed by atoms with Crippen molar-refractivity contribution in [2.24, 2.45) is 0 Å². The summed E-state index contributed by atoms with van der Waals surface area (Å²) in [7, 11) is 3.10. The molecule has 0 aromatic heterocycles. The summed E-state index contributed by atoms with van der Waals surface area (Å²) in [6.07, 6.45) is 0. The number of ether oxygens (including phenoxy) is 3. The molecule has 0 spiro atoms. The van der Waals surface area contributed by atoms with E-state index in [9.17, 15) is 13.6 Å². The van der Waals surface area contributed by atoms with Crippen LogP contribution in [0, 0.1) is 11.6 Å². The molecule has 0 saturated heterocycles. The van der Waals surface area contributed by atoms with Crippen LogP contribution in [0.1, 0.15) is 28.9 Å². The lowest BCUT2D eigenvalue weighted by atomic mass is 10.1. The number of amides is 1. The topological polar surface area (TPSA) is 56.8 Å². The van der Waals surface area contributed by atoms with Crippen molar-refractivity contribution in [3.63, 3.8) is 0 Å². The number of rotatable bonds is 8. The van der Waals surface area contributed by atoms with Crippen LogP contribution in [0.15, 0.2) is 36.4 Å². The molecule has 0 radical (unpaired) electrons. The lowest BCUT2D eigenvalue weighted by Crippen LogP contribution is -2.26. The summed E-state index contributed by atoms with van der Waals surface area (Å²) in [6, 6.07) is 7.52. The number of hydrogen-bond donors (Lipinski definition) is 1. The van der Waals surface area contributed by atoms with E-state index in [2.05, 4.69) is 5.32 Å². The molecule has 1 amide bonds. The Morgan fingerprint density at radius 3 is 2.35 bits per heavy atom. The van der Waals surface area contributed by atoms with Gasteiger partial charge in [0, 0.05) is 18.7 Å². The standard InChI is InChI=1S/C19H21F2NO4/c1-12(22-19(23)14-8-15(20)11-16(21)9-14)13-4-5-17(18(10-13)25-3)26-7-6-24-2/h4-5,8-12H,6-7H2,1-3H3,(H,22,23). The Morgan fingerprint density at radius 2 is 1.73 bits per heavy atom. The van der Waals surface area contributed by atoms with Crippen LogP contribution in [0.5, 0.6) is 11.5 Å². The molecule has 0 aliphatic heterocycles. The maximum atomic E-state index is 13.3. The third-order valence-electron chi connectivity index (χ3n) is 3.71. The number of benzene rings is 2. The van der Waals surface area contributed by atoms with E-state index in [1.807, 2.05) is 0 Å². The van der Waals surface area contributed by atoms with Crippen molar-refractivity contribution in [2.45, 2.75) is 13.0 Å². The van der Waals surface area contributed by atoms with Gasteiger partial charge in [-0.1, -0.05) is 6.07 Å². The average Bonchev–Trinajstić information content (AvgIpc) is 2.61. The van der Waals surface area contributed by atoms with Gasteiger partial charge in [0.2, 0.25) is 0 Å². The predicted octanol–water partition coefficient (Wildman–Crippen LogP) is 3.49. The second-order valence-electron chi connectivity index (χ2n) is 5.60. The number of methoxy groups -OCH3 is 2. The molecular formula is C19H21F2NO4. The van der Waals surface area contributed by atoms with Gasteiger partial charge in [-0.3, -0.25) is 4.79 Å². The molecular weight excluding hydrogens is 344 g/mol. The molecule has 2 rings (SSSR count). The lowest BCUT2D eigenvalue weighted by molar-refractivity contribution is 0.0939. The molecule has 1 N–H and O–H groups in total. The van der Waals surface area contributed by atoms with Crippen LogP contribution in [0.25, 0.3) is 0 Å². The van der Waals surface area contributed by atoms with Crippen LogP contribution >= 0.6 is 0 Å². The van der Waals surface area contributed by atoms with Gasteiger partial charge >= 0.3 is 0 Å². The van der Waals surface area contributed by atoms with E-state index in [-0.39, 0.29) is 5.56 Å². The molecule has 0 heterocycles. The number of halogens is 2. The summed E-state index contributed by atoms with van der Waals surface area (Å²) in [5, 5.41) is 2.70. The number of nitrogens with one attached hydrogen (secondary N) is 1. The van der Waals surface area contributed by atoms with Crippen molar-refractivity contribution in [1.29, 1.82) is 0 Å². The molecule has 0 saturated carbocycles. The van der Waals surface area contributed by atoms with Gasteiger partial charge in [-0.25, -0.2) is 8.78 Å². The van der Waals surface area contributed by atoms with Crippen molar-refractivity contribution in [3.05, 3.63) is 59.2 Å². The van der Waals surface area contributed by atoms with Gasteiger partial charge in [-0.15, -0.1) is 0 Å². The van der Waals surface area contributed by atoms with Crippen LogP contribution in [0.4, 0.5) is 8.78 Å². The molecule has 2 aromatic carbocycles. The summed E-state index contributed by atoms with van der Waals surface area (Å²) in [5.41, 5.74) is 0.673. The molecule has 26 heavy (non-hydrogen) atoms. The van der Waals surface area contributed by atoms with Gasteiger partial charge in [0.25, 0.3) is 5.91 Å². The van der Waals surface area contributed by atoms with Crippen molar-refractivity contribution < 1.29 is 27.8 Å². The van der Waals surface area contributed by atoms with E-state index in [0.29, 0.717) is 30.8 Å². The molecule has 2 aromatic rings. The highest BCUT2D eigenvalue weighted by atomic mass is 19.1. The Hall–Kier alpha value is -2.67. The Labute approximate surface area is 150 Å². The van der Waals surface area contributed by atoms with Gasteiger partial charge in [-0.2, -0.15) is 0 Å². The first-order valence-corrected chi connectivity index (χ1v) is 8.01. The van der Waals surface area contributed by atoms with E-state index < -0.39 is 23.6 Å². The molecule has 0 fully saturated rings. The van der Waals surface area contributed by atoms with Crippen molar-refractivity contribution in [2.75, 3.05) is 27.4 Å². The lowest BCUT2D eigenvalue weighted by Gasteiger charge is -2.17. The highest BCUT2D eigenvalue weighted by Gasteiger charge is 2.15. The zero-order valence-corrected chi connectivity index (χ0v) is 14.8. The minimum atomic E-state index is -0.804. The number of hydrogen-bond acceptors (Lipinski definition) is 4. The van der Waals surface area contributed by atoms with Crippen LogP contribution < -0.4 is 14.8 Å². The van der Waals surface area contributed by atoms with Crippen LogP contribution in [-0.2, 0) is 4.74 Å². The first-order chi connectivity index (χ1) is 12.4. The van der Waals surface area contributed by atoms with E-state index in [4.69, 9.17) is 14.2 Å². The van der Waals surface area contributed by atoms with Crippen molar-refractivity contribution in [3.8, 4) is 11.5 Å². The molecule has 1 unspecified atom stereocenters. The normalized spacial score (nSPS) is 11.7. The Kier molecular flexibility index (Phi) is 6.91. The molecule has 0 aliphatic rings. The quantitative estimate of drug-likeness (QED) is 0.728. The van der Waals surface area contributed by atoms with E-state index >= 15 is 0 Å². The van der Waals surface area contributed by atoms with Gasteiger partial charge in [-0.05, 0) is 36.8 Å². The summed E-state index contributed by atoms with van der Waals surface area (Å²) in [4.78, 5) is 12.2. The molecule has 5 nitrogen and oxygen atoms in total. The van der Waals surface area contributed by atoms with Gasteiger partial charge < -0.3 is 19.5 Å². The van der Waals surface area contributed by atoms with Gasteiger partial charge in [0.05, 0.1) is 19.8 Å². The van der Waals surface area contributed by atoms with Crippen LogP contribution in [-0.4, -0.2) is 33.3 Å². The largest absolute Gasteiger partial charge is 0.493 e. The minimum absolute atomic E-state index is 0.0826. The van der Waals surface area contributed by atoms with Crippen LogP contribution in [0.3, 0.4) is 0 Å². The number of carbonyl (C=O) groups excluding carboxylic acids is 1. The second kappa shape index (κ2) is 9.15. The maximum absolute atomic E-state index is 13.3. The minimum Gasteiger partial charge on any atom is -0.493 e. The Morgan fingerprint density at radius 1 is 1.04 bits per heavy atom. The van der Waals surface area contributed by atoms with E-state index in [1.54, 1.807) is 32.2 Å². The summed E-state index contributed by atoms with van der Waals surface area (Å²) >= 11 is 0. The average molecular weight is 365 g/mol. The fraction of sp³-hybridized carbons (Fsp3) is 0.316. The number of carbonyl (C=O) groups is 1. The highest BCUT2D eigenvalue weighted by molar-refractivity contribution is 5.94. The van der Waals surface area contributed by atoms with Gasteiger partial charge in [0.15, 0.2) is 11.5 Å². The molecule has 0 aliphatic carbocycles. The second-order valence-corrected chi connectivity index (χ2v) is 5.60. The third-order valence-corrected chi connectivity index (χ3v) is 3.71.